The van der Waals surface area contributed by atoms with Crippen molar-refractivity contribution in [1.82, 2.24) is 5.06 Å². The average Bonchev–Trinajstić information content (AvgIpc) is 2.62. The van der Waals surface area contributed by atoms with Gasteiger partial charge in [-0.1, -0.05) is 36.7 Å². The van der Waals surface area contributed by atoms with Crippen molar-refractivity contribution in [3.05, 3.63) is 52.3 Å². The Balaban J connectivity index is 2.39. The van der Waals surface area contributed by atoms with Gasteiger partial charge in [0.25, 0.3) is 0 Å². The van der Waals surface area contributed by atoms with E-state index in [1.54, 1.807) is 6.20 Å². The van der Waals surface area contributed by atoms with Crippen LogP contribution in [0.2, 0.25) is 5.02 Å². The fourth-order valence-corrected chi connectivity index (χ4v) is 2.21. The quantitative estimate of drug-likeness (QED) is 0.763. The molecule has 1 aromatic rings. The molecule has 0 fully saturated rings. The predicted molar refractivity (Wildman–Crippen MR) is 62.4 cm³/mol. The van der Waals surface area contributed by atoms with Gasteiger partial charge >= 0.3 is 0 Å². The third kappa shape index (κ3) is 1.64. The molecular formula is C12H13ClNO-. The van der Waals surface area contributed by atoms with Gasteiger partial charge in [-0.25, -0.2) is 0 Å². The lowest BCUT2D eigenvalue weighted by molar-refractivity contribution is 0.222. The molecule has 1 unspecified atom stereocenters. The van der Waals surface area contributed by atoms with Crippen molar-refractivity contribution in [2.75, 3.05) is 0 Å². The number of hydrogen-bond donors (Lipinski definition) is 0. The van der Waals surface area contributed by atoms with Gasteiger partial charge in [0.05, 0.1) is 5.54 Å². The van der Waals surface area contributed by atoms with E-state index in [4.69, 9.17) is 11.6 Å². The first-order chi connectivity index (χ1) is 7.19. The van der Waals surface area contributed by atoms with Crippen molar-refractivity contribution in [3.63, 3.8) is 0 Å². The van der Waals surface area contributed by atoms with Crippen molar-refractivity contribution in [3.8, 4) is 0 Å². The van der Waals surface area contributed by atoms with E-state index in [0.29, 0.717) is 5.02 Å². The Morgan fingerprint density at radius 3 is 2.53 bits per heavy atom. The topological polar surface area (TPSA) is 26.3 Å². The van der Waals surface area contributed by atoms with Crippen LogP contribution >= 0.6 is 11.6 Å². The highest BCUT2D eigenvalue weighted by atomic mass is 35.5. The zero-order valence-electron chi connectivity index (χ0n) is 8.61. The fraction of sp³-hybridized carbons (Fsp3) is 0.333. The van der Waals surface area contributed by atoms with Crippen LogP contribution in [0.3, 0.4) is 0 Å². The van der Waals surface area contributed by atoms with Crippen LogP contribution in [0, 0.1) is 5.21 Å². The number of halogens is 1. The molecule has 0 amide bonds. The highest BCUT2D eigenvalue weighted by molar-refractivity contribution is 6.30. The van der Waals surface area contributed by atoms with Crippen LogP contribution in [-0.2, 0) is 5.54 Å². The van der Waals surface area contributed by atoms with Gasteiger partial charge in [0.2, 0.25) is 0 Å². The minimum Gasteiger partial charge on any atom is -0.758 e. The first-order valence-electron chi connectivity index (χ1n) is 5.08. The smallest absolute Gasteiger partial charge is 0.0574 e. The Morgan fingerprint density at radius 2 is 2.07 bits per heavy atom. The summed E-state index contributed by atoms with van der Waals surface area (Å²) in [6, 6.07) is 7.54. The molecule has 0 bridgehead atoms. The molecule has 0 aliphatic carbocycles. The zero-order chi connectivity index (χ0) is 10.9. The van der Waals surface area contributed by atoms with Gasteiger partial charge in [0, 0.05) is 5.02 Å². The van der Waals surface area contributed by atoms with Crippen molar-refractivity contribution < 1.29 is 0 Å². The maximum absolute atomic E-state index is 11.8. The predicted octanol–water partition coefficient (Wildman–Crippen LogP) is 3.66. The molecular weight excluding hydrogens is 210 g/mol. The lowest BCUT2D eigenvalue weighted by Crippen LogP contribution is -2.35. The molecule has 0 radical (unpaired) electrons. The molecule has 2 rings (SSSR count). The molecule has 0 saturated carbocycles. The summed E-state index contributed by atoms with van der Waals surface area (Å²) in [6.45, 7) is 2.03. The number of hydrogen-bond acceptors (Lipinski definition) is 2. The first-order valence-corrected chi connectivity index (χ1v) is 5.46. The highest BCUT2D eigenvalue weighted by Crippen LogP contribution is 2.39. The minimum absolute atomic E-state index is 0.412. The van der Waals surface area contributed by atoms with Crippen molar-refractivity contribution >= 4 is 11.6 Å². The minimum atomic E-state index is -0.412. The van der Waals surface area contributed by atoms with Gasteiger partial charge in [-0.05, 0) is 36.7 Å². The van der Waals surface area contributed by atoms with E-state index in [9.17, 15) is 5.21 Å². The highest BCUT2D eigenvalue weighted by Gasteiger charge is 2.32. The standard InChI is InChI=1S/C12H13ClNO/c1-2-12(8-3-9-14(12)15)10-4-6-11(13)7-5-10/h3-7,9H,2,8H2,1H3/q-1. The number of benzene rings is 1. The molecule has 0 N–H and O–H groups in total. The van der Waals surface area contributed by atoms with E-state index in [0.717, 1.165) is 23.5 Å². The van der Waals surface area contributed by atoms with Crippen molar-refractivity contribution in [2.45, 2.75) is 25.3 Å². The average molecular weight is 223 g/mol. The van der Waals surface area contributed by atoms with Crippen LogP contribution < -0.4 is 0 Å². The molecule has 1 heterocycles. The summed E-state index contributed by atoms with van der Waals surface area (Å²) in [5, 5.41) is 13.6. The monoisotopic (exact) mass is 222 g/mol. The SMILES string of the molecule is CCC1(c2ccc(Cl)cc2)CC=CN1[O-]. The molecule has 80 valence electrons. The Labute approximate surface area is 94.7 Å². The summed E-state index contributed by atoms with van der Waals surface area (Å²) >= 11 is 5.84. The Morgan fingerprint density at radius 1 is 1.40 bits per heavy atom. The Bertz CT molecular complexity index is 374. The second kappa shape index (κ2) is 3.87. The summed E-state index contributed by atoms with van der Waals surface area (Å²) < 4.78 is 0. The van der Waals surface area contributed by atoms with E-state index in [-0.39, 0.29) is 0 Å². The summed E-state index contributed by atoms with van der Waals surface area (Å²) in [6.07, 6.45) is 5.10. The van der Waals surface area contributed by atoms with Crippen molar-refractivity contribution in [2.24, 2.45) is 0 Å². The van der Waals surface area contributed by atoms with Gasteiger partial charge in [0.15, 0.2) is 0 Å². The van der Waals surface area contributed by atoms with E-state index < -0.39 is 5.54 Å². The molecule has 15 heavy (non-hydrogen) atoms. The normalized spacial score (nSPS) is 24.9. The first kappa shape index (κ1) is 10.5. The van der Waals surface area contributed by atoms with Crippen LogP contribution in [0.5, 0.6) is 0 Å². The molecule has 2 nitrogen and oxygen atoms in total. The lowest BCUT2D eigenvalue weighted by Gasteiger charge is -2.44. The van der Waals surface area contributed by atoms with Gasteiger partial charge in [-0.3, -0.25) is 0 Å². The summed E-state index contributed by atoms with van der Waals surface area (Å²) in [4.78, 5) is 0. The molecule has 3 heteroatoms. The van der Waals surface area contributed by atoms with E-state index in [1.165, 1.54) is 0 Å². The second-order valence-corrected chi connectivity index (χ2v) is 4.24. The summed E-state index contributed by atoms with van der Waals surface area (Å²) in [5.74, 6) is 0. The van der Waals surface area contributed by atoms with Crippen LogP contribution in [0.15, 0.2) is 36.5 Å². The molecule has 0 aromatic heterocycles. The Hall–Kier alpha value is -0.990. The second-order valence-electron chi connectivity index (χ2n) is 3.81. The summed E-state index contributed by atoms with van der Waals surface area (Å²) in [7, 11) is 0. The van der Waals surface area contributed by atoms with Gasteiger partial charge in [0.1, 0.15) is 0 Å². The van der Waals surface area contributed by atoms with Crippen LogP contribution in [0.4, 0.5) is 0 Å². The number of rotatable bonds is 2. The van der Waals surface area contributed by atoms with Crippen LogP contribution in [0.25, 0.3) is 0 Å². The maximum Gasteiger partial charge on any atom is 0.0574 e. The molecule has 0 spiro atoms. The fourth-order valence-electron chi connectivity index (χ4n) is 2.09. The molecule has 1 atom stereocenters. The third-order valence-corrected chi connectivity index (χ3v) is 3.34. The van der Waals surface area contributed by atoms with E-state index in [1.807, 2.05) is 37.3 Å². The third-order valence-electron chi connectivity index (χ3n) is 3.08. The lowest BCUT2D eigenvalue weighted by atomic mass is 9.86. The van der Waals surface area contributed by atoms with E-state index >= 15 is 0 Å². The van der Waals surface area contributed by atoms with Gasteiger partial charge < -0.3 is 10.3 Å². The zero-order valence-corrected chi connectivity index (χ0v) is 9.37. The van der Waals surface area contributed by atoms with Crippen molar-refractivity contribution in [1.29, 1.82) is 0 Å². The number of hydroxylamine groups is 2. The maximum atomic E-state index is 11.8. The van der Waals surface area contributed by atoms with Crippen LogP contribution in [-0.4, -0.2) is 5.06 Å². The number of nitrogens with zero attached hydrogens (tertiary/aromatic N) is 1. The molecule has 0 saturated heterocycles. The molecule has 1 aromatic carbocycles. The molecule has 1 aliphatic rings. The summed E-state index contributed by atoms with van der Waals surface area (Å²) in [5.41, 5.74) is 0.624. The van der Waals surface area contributed by atoms with Gasteiger partial charge in [-0.2, -0.15) is 0 Å². The largest absolute Gasteiger partial charge is 0.758 e. The molecule has 1 aliphatic heterocycles. The van der Waals surface area contributed by atoms with Crippen LogP contribution in [0.1, 0.15) is 25.3 Å². The van der Waals surface area contributed by atoms with Gasteiger partial charge in [-0.15, -0.1) is 0 Å². The van der Waals surface area contributed by atoms with E-state index in [2.05, 4.69) is 0 Å². The Kier molecular flexibility index (Phi) is 2.72.